The molecule has 1 heterocycles. The van der Waals surface area contributed by atoms with E-state index in [1.54, 1.807) is 0 Å². The average Bonchev–Trinajstić information content (AvgIpc) is 2.82. The molecule has 19 heavy (non-hydrogen) atoms. The number of hydrogen-bond donors (Lipinski definition) is 1. The molecule has 0 unspecified atom stereocenters. The average molecular weight is 324 g/mol. The van der Waals surface area contributed by atoms with Crippen LogP contribution in [0.4, 0.5) is 0 Å². The minimum atomic E-state index is 0.443. The summed E-state index contributed by atoms with van der Waals surface area (Å²) < 4.78 is 12.4. The quantitative estimate of drug-likeness (QED) is 0.868. The van der Waals surface area contributed by atoms with Crippen LogP contribution in [0.15, 0.2) is 45.3 Å². The van der Waals surface area contributed by atoms with E-state index in [4.69, 9.17) is 9.15 Å². The maximum Gasteiger partial charge on any atom is 0.146 e. The monoisotopic (exact) mass is 323 g/mol. The first-order valence-corrected chi connectivity index (χ1v) is 7.12. The van der Waals surface area contributed by atoms with Crippen LogP contribution < -0.4 is 10.1 Å². The molecule has 0 aliphatic carbocycles. The van der Waals surface area contributed by atoms with Crippen LogP contribution in [-0.2, 0) is 13.2 Å². The summed E-state index contributed by atoms with van der Waals surface area (Å²) in [6, 6.07) is 12.2. The van der Waals surface area contributed by atoms with Crippen LogP contribution in [-0.4, -0.2) is 6.04 Å². The zero-order chi connectivity index (χ0) is 13.7. The van der Waals surface area contributed by atoms with Crippen molar-refractivity contribution in [2.45, 2.75) is 33.0 Å². The molecule has 0 fully saturated rings. The molecule has 4 heteroatoms. The Morgan fingerprint density at radius 2 is 2.00 bits per heavy atom. The Hall–Kier alpha value is -1.26. The molecule has 2 rings (SSSR count). The van der Waals surface area contributed by atoms with E-state index in [9.17, 15) is 0 Å². The lowest BCUT2D eigenvalue weighted by molar-refractivity contribution is 0.264. The third kappa shape index (κ3) is 4.73. The number of ether oxygens (including phenoxy) is 1. The molecule has 0 bridgehead atoms. The fourth-order valence-electron chi connectivity index (χ4n) is 1.61. The van der Waals surface area contributed by atoms with Gasteiger partial charge in [-0.3, -0.25) is 0 Å². The Morgan fingerprint density at radius 3 is 2.74 bits per heavy atom. The molecule has 0 amide bonds. The Bertz CT molecular complexity index is 522. The number of nitrogens with one attached hydrogen (secondary N) is 1. The highest BCUT2D eigenvalue weighted by Gasteiger charge is 2.04. The van der Waals surface area contributed by atoms with Crippen LogP contribution >= 0.6 is 15.9 Å². The van der Waals surface area contributed by atoms with Crippen LogP contribution in [0.5, 0.6) is 5.75 Å². The van der Waals surface area contributed by atoms with E-state index in [0.717, 1.165) is 28.3 Å². The van der Waals surface area contributed by atoms with Crippen molar-refractivity contribution in [2.24, 2.45) is 0 Å². The lowest BCUT2D eigenvalue weighted by Gasteiger charge is -2.06. The van der Waals surface area contributed by atoms with E-state index in [2.05, 4.69) is 35.1 Å². The Kier molecular flexibility index (Phi) is 5.05. The normalized spacial score (nSPS) is 10.9. The summed E-state index contributed by atoms with van der Waals surface area (Å²) in [6.07, 6.45) is 0. The van der Waals surface area contributed by atoms with Crippen LogP contribution in [0.3, 0.4) is 0 Å². The van der Waals surface area contributed by atoms with E-state index < -0.39 is 0 Å². The maximum atomic E-state index is 5.69. The Labute approximate surface area is 122 Å². The standard InChI is InChI=1S/C15H18BrNO2/c1-11(2)17-9-14-6-7-15(19-14)10-18-13-5-3-4-12(16)8-13/h3-8,11,17H,9-10H2,1-2H3. The van der Waals surface area contributed by atoms with Gasteiger partial charge in [0.05, 0.1) is 6.54 Å². The van der Waals surface area contributed by atoms with Gasteiger partial charge in [-0.2, -0.15) is 0 Å². The van der Waals surface area contributed by atoms with Gasteiger partial charge in [-0.25, -0.2) is 0 Å². The van der Waals surface area contributed by atoms with E-state index in [-0.39, 0.29) is 0 Å². The van der Waals surface area contributed by atoms with Crippen molar-refractivity contribution < 1.29 is 9.15 Å². The molecule has 1 aromatic carbocycles. The predicted molar refractivity (Wildman–Crippen MR) is 79.2 cm³/mol. The van der Waals surface area contributed by atoms with Crippen molar-refractivity contribution >= 4 is 15.9 Å². The second kappa shape index (κ2) is 6.78. The number of halogens is 1. The predicted octanol–water partition coefficient (Wildman–Crippen LogP) is 4.12. The summed E-state index contributed by atoms with van der Waals surface area (Å²) >= 11 is 3.41. The minimum absolute atomic E-state index is 0.443. The fraction of sp³-hybridized carbons (Fsp3) is 0.333. The van der Waals surface area contributed by atoms with E-state index in [0.29, 0.717) is 12.6 Å². The Morgan fingerprint density at radius 1 is 1.21 bits per heavy atom. The van der Waals surface area contributed by atoms with E-state index in [1.807, 2.05) is 36.4 Å². The van der Waals surface area contributed by atoms with E-state index in [1.165, 1.54) is 0 Å². The number of hydrogen-bond acceptors (Lipinski definition) is 3. The largest absolute Gasteiger partial charge is 0.486 e. The fourth-order valence-corrected chi connectivity index (χ4v) is 1.99. The maximum absolute atomic E-state index is 5.69. The SMILES string of the molecule is CC(C)NCc1ccc(COc2cccc(Br)c2)o1. The summed E-state index contributed by atoms with van der Waals surface area (Å²) in [6.45, 7) is 5.41. The van der Waals surface area contributed by atoms with Gasteiger partial charge in [-0.05, 0) is 30.3 Å². The van der Waals surface area contributed by atoms with Gasteiger partial charge in [0, 0.05) is 10.5 Å². The smallest absolute Gasteiger partial charge is 0.146 e. The molecule has 1 N–H and O–H groups in total. The molecule has 102 valence electrons. The molecule has 0 aliphatic rings. The van der Waals surface area contributed by atoms with Crippen molar-refractivity contribution in [1.29, 1.82) is 0 Å². The first-order chi connectivity index (χ1) is 9.13. The van der Waals surface area contributed by atoms with Gasteiger partial charge in [0.25, 0.3) is 0 Å². The highest BCUT2D eigenvalue weighted by Crippen LogP contribution is 2.19. The van der Waals surface area contributed by atoms with Crippen molar-refractivity contribution in [2.75, 3.05) is 0 Å². The summed E-state index contributed by atoms with van der Waals surface area (Å²) in [7, 11) is 0. The molecule has 0 atom stereocenters. The van der Waals surface area contributed by atoms with Gasteiger partial charge in [0.15, 0.2) is 0 Å². The van der Waals surface area contributed by atoms with E-state index >= 15 is 0 Å². The summed E-state index contributed by atoms with van der Waals surface area (Å²) in [4.78, 5) is 0. The third-order valence-corrected chi connectivity index (χ3v) is 3.07. The number of benzene rings is 1. The van der Waals surface area contributed by atoms with Gasteiger partial charge >= 0.3 is 0 Å². The molecule has 3 nitrogen and oxygen atoms in total. The van der Waals surface area contributed by atoms with Crippen LogP contribution in [0.25, 0.3) is 0 Å². The van der Waals surface area contributed by atoms with Crippen LogP contribution in [0, 0.1) is 0 Å². The van der Waals surface area contributed by atoms with Crippen molar-refractivity contribution in [3.05, 3.63) is 52.4 Å². The highest BCUT2D eigenvalue weighted by atomic mass is 79.9. The van der Waals surface area contributed by atoms with Crippen LogP contribution in [0.2, 0.25) is 0 Å². The van der Waals surface area contributed by atoms with Crippen molar-refractivity contribution in [1.82, 2.24) is 5.32 Å². The lowest BCUT2D eigenvalue weighted by Crippen LogP contribution is -2.21. The number of furan rings is 1. The molecular weight excluding hydrogens is 306 g/mol. The van der Waals surface area contributed by atoms with Gasteiger partial charge < -0.3 is 14.5 Å². The van der Waals surface area contributed by atoms with Crippen molar-refractivity contribution in [3.63, 3.8) is 0 Å². The minimum Gasteiger partial charge on any atom is -0.486 e. The summed E-state index contributed by atoms with van der Waals surface area (Å²) in [5.41, 5.74) is 0. The molecule has 0 aliphatic heterocycles. The number of rotatable bonds is 6. The molecular formula is C15H18BrNO2. The van der Waals surface area contributed by atoms with Gasteiger partial charge in [0.2, 0.25) is 0 Å². The first kappa shape index (κ1) is 14.2. The van der Waals surface area contributed by atoms with Crippen molar-refractivity contribution in [3.8, 4) is 5.75 Å². The molecule has 1 aromatic heterocycles. The van der Waals surface area contributed by atoms with Crippen LogP contribution in [0.1, 0.15) is 25.4 Å². The van der Waals surface area contributed by atoms with Gasteiger partial charge in [-0.1, -0.05) is 35.8 Å². The van der Waals surface area contributed by atoms with Gasteiger partial charge in [-0.15, -0.1) is 0 Å². The molecule has 0 spiro atoms. The lowest BCUT2D eigenvalue weighted by atomic mass is 10.3. The van der Waals surface area contributed by atoms with Gasteiger partial charge in [0.1, 0.15) is 23.9 Å². The Balaban J connectivity index is 1.86. The molecule has 0 saturated carbocycles. The molecule has 0 saturated heterocycles. The first-order valence-electron chi connectivity index (χ1n) is 6.33. The zero-order valence-electron chi connectivity index (χ0n) is 11.2. The molecule has 2 aromatic rings. The highest BCUT2D eigenvalue weighted by molar-refractivity contribution is 9.10. The summed E-state index contributed by atoms with van der Waals surface area (Å²) in [5, 5.41) is 3.32. The second-order valence-electron chi connectivity index (χ2n) is 4.65. The zero-order valence-corrected chi connectivity index (χ0v) is 12.7. The second-order valence-corrected chi connectivity index (χ2v) is 5.57. The topological polar surface area (TPSA) is 34.4 Å². The third-order valence-electron chi connectivity index (χ3n) is 2.58. The summed E-state index contributed by atoms with van der Waals surface area (Å²) in [5.74, 6) is 2.59. The molecule has 0 radical (unpaired) electrons.